The molecule has 25 heavy (non-hydrogen) atoms. The number of nitrogens with zero attached hydrogens (tertiary/aromatic N) is 1. The van der Waals surface area contributed by atoms with E-state index in [9.17, 15) is 9.59 Å². The predicted octanol–water partition coefficient (Wildman–Crippen LogP) is 3.01. The van der Waals surface area contributed by atoms with E-state index in [0.717, 1.165) is 25.7 Å². The fraction of sp³-hybridized carbons (Fsp3) is 0.316. The zero-order valence-corrected chi connectivity index (χ0v) is 14.1. The molecular weight excluding hydrogens is 318 g/mol. The first kappa shape index (κ1) is 17.0. The summed E-state index contributed by atoms with van der Waals surface area (Å²) in [5, 5.41) is 5.78. The predicted molar refractivity (Wildman–Crippen MR) is 94.9 cm³/mol. The summed E-state index contributed by atoms with van der Waals surface area (Å²) < 4.78 is 5.22. The second kappa shape index (κ2) is 7.79. The number of carbonyl (C=O) groups excluding carboxylic acids is 2. The van der Waals surface area contributed by atoms with Crippen molar-refractivity contribution < 1.29 is 14.3 Å². The number of pyridine rings is 1. The molecule has 1 fully saturated rings. The second-order valence-electron chi connectivity index (χ2n) is 6.07. The van der Waals surface area contributed by atoms with Crippen molar-refractivity contribution in [1.29, 1.82) is 0 Å². The van der Waals surface area contributed by atoms with Crippen LogP contribution in [0.15, 0.2) is 42.7 Å². The quantitative estimate of drug-likeness (QED) is 0.877. The van der Waals surface area contributed by atoms with Gasteiger partial charge in [-0.05, 0) is 31.0 Å². The maximum absolute atomic E-state index is 12.5. The molecule has 0 spiro atoms. The third-order valence-corrected chi connectivity index (χ3v) is 4.31. The molecule has 1 aliphatic rings. The van der Waals surface area contributed by atoms with Gasteiger partial charge in [0.1, 0.15) is 5.75 Å². The summed E-state index contributed by atoms with van der Waals surface area (Å²) in [4.78, 5) is 28.8. The van der Waals surface area contributed by atoms with E-state index in [1.807, 2.05) is 12.1 Å². The number of carbonyl (C=O) groups is 2. The average Bonchev–Trinajstić information content (AvgIpc) is 3.15. The number of hydrogen-bond donors (Lipinski definition) is 2. The number of para-hydroxylation sites is 2. The highest BCUT2D eigenvalue weighted by atomic mass is 16.5. The largest absolute Gasteiger partial charge is 0.495 e. The summed E-state index contributed by atoms with van der Waals surface area (Å²) in [6, 6.07) is 8.92. The molecule has 6 nitrogen and oxygen atoms in total. The molecule has 0 atom stereocenters. The van der Waals surface area contributed by atoms with Crippen LogP contribution in [0.2, 0.25) is 0 Å². The summed E-state index contributed by atoms with van der Waals surface area (Å²) in [5.41, 5.74) is 1.28. The summed E-state index contributed by atoms with van der Waals surface area (Å²) in [5.74, 6) is 0.0396. The molecule has 1 saturated carbocycles. The first-order valence-electron chi connectivity index (χ1n) is 8.37. The molecule has 0 saturated heterocycles. The number of amides is 2. The number of nitrogens with one attached hydrogen (secondary N) is 2. The van der Waals surface area contributed by atoms with E-state index in [0.29, 0.717) is 22.6 Å². The summed E-state index contributed by atoms with van der Waals surface area (Å²) in [7, 11) is 1.54. The second-order valence-corrected chi connectivity index (χ2v) is 6.07. The SMILES string of the molecule is COc1ccccc1NC(=O)c1cncc(C(=O)NC2CCCC2)c1. The number of rotatable bonds is 5. The van der Waals surface area contributed by atoms with Crippen molar-refractivity contribution in [3.63, 3.8) is 0 Å². The van der Waals surface area contributed by atoms with Crippen molar-refractivity contribution in [1.82, 2.24) is 10.3 Å². The van der Waals surface area contributed by atoms with Gasteiger partial charge in [0.15, 0.2) is 0 Å². The van der Waals surface area contributed by atoms with E-state index >= 15 is 0 Å². The average molecular weight is 339 g/mol. The van der Waals surface area contributed by atoms with Gasteiger partial charge in [-0.25, -0.2) is 0 Å². The van der Waals surface area contributed by atoms with Crippen LogP contribution in [0.3, 0.4) is 0 Å². The zero-order valence-electron chi connectivity index (χ0n) is 14.1. The smallest absolute Gasteiger partial charge is 0.257 e. The fourth-order valence-electron chi connectivity index (χ4n) is 2.97. The van der Waals surface area contributed by atoms with E-state index in [-0.39, 0.29) is 17.9 Å². The standard InChI is InChI=1S/C19H21N3O3/c1-25-17-9-5-4-8-16(17)22-19(24)14-10-13(11-20-12-14)18(23)21-15-6-2-3-7-15/h4-5,8-12,15H,2-3,6-7H2,1H3,(H,21,23)(H,22,24). The Labute approximate surface area is 146 Å². The van der Waals surface area contributed by atoms with Gasteiger partial charge in [0.2, 0.25) is 0 Å². The van der Waals surface area contributed by atoms with E-state index < -0.39 is 0 Å². The summed E-state index contributed by atoms with van der Waals surface area (Å²) in [6.45, 7) is 0. The molecule has 3 rings (SSSR count). The molecule has 130 valence electrons. The maximum Gasteiger partial charge on any atom is 0.257 e. The van der Waals surface area contributed by atoms with Gasteiger partial charge in [0.25, 0.3) is 11.8 Å². The summed E-state index contributed by atoms with van der Waals surface area (Å²) >= 11 is 0. The number of aromatic nitrogens is 1. The third-order valence-electron chi connectivity index (χ3n) is 4.31. The molecule has 1 aromatic carbocycles. The van der Waals surface area contributed by atoms with Crippen LogP contribution in [0.1, 0.15) is 46.4 Å². The van der Waals surface area contributed by atoms with E-state index in [2.05, 4.69) is 15.6 Å². The Balaban J connectivity index is 1.71. The van der Waals surface area contributed by atoms with E-state index in [1.54, 1.807) is 25.3 Å². The van der Waals surface area contributed by atoms with Crippen molar-refractivity contribution in [2.45, 2.75) is 31.7 Å². The number of hydrogen-bond acceptors (Lipinski definition) is 4. The lowest BCUT2D eigenvalue weighted by Gasteiger charge is -2.12. The molecule has 0 aliphatic heterocycles. The molecule has 1 aromatic heterocycles. The van der Waals surface area contributed by atoms with Gasteiger partial charge >= 0.3 is 0 Å². The van der Waals surface area contributed by atoms with Crippen molar-refractivity contribution in [2.24, 2.45) is 0 Å². The third kappa shape index (κ3) is 4.15. The zero-order chi connectivity index (χ0) is 17.6. The number of ether oxygens (including phenoxy) is 1. The van der Waals surface area contributed by atoms with Crippen LogP contribution in [0.4, 0.5) is 5.69 Å². The highest BCUT2D eigenvalue weighted by molar-refractivity contribution is 6.06. The van der Waals surface area contributed by atoms with E-state index in [1.165, 1.54) is 12.4 Å². The van der Waals surface area contributed by atoms with Crippen molar-refractivity contribution in [2.75, 3.05) is 12.4 Å². The normalized spacial score (nSPS) is 14.1. The topological polar surface area (TPSA) is 80.3 Å². The van der Waals surface area contributed by atoms with Crippen LogP contribution in [0.5, 0.6) is 5.75 Å². The molecule has 2 amide bonds. The number of benzene rings is 1. The molecule has 0 bridgehead atoms. The Bertz CT molecular complexity index is 770. The first-order chi connectivity index (χ1) is 12.2. The van der Waals surface area contributed by atoms with Crippen molar-refractivity contribution >= 4 is 17.5 Å². The van der Waals surface area contributed by atoms with Crippen LogP contribution in [-0.2, 0) is 0 Å². The molecule has 1 heterocycles. The van der Waals surface area contributed by atoms with Gasteiger partial charge in [0, 0.05) is 18.4 Å². The molecule has 0 unspecified atom stereocenters. The van der Waals surface area contributed by atoms with E-state index in [4.69, 9.17) is 4.74 Å². The Morgan fingerprint density at radius 2 is 1.76 bits per heavy atom. The Morgan fingerprint density at radius 1 is 1.08 bits per heavy atom. The molecule has 1 aliphatic carbocycles. The number of methoxy groups -OCH3 is 1. The Kier molecular flexibility index (Phi) is 5.28. The molecular formula is C19H21N3O3. The maximum atomic E-state index is 12.5. The van der Waals surface area contributed by atoms with Crippen molar-refractivity contribution in [3.05, 3.63) is 53.9 Å². The Hall–Kier alpha value is -2.89. The highest BCUT2D eigenvalue weighted by Gasteiger charge is 2.19. The van der Waals surface area contributed by atoms with Gasteiger partial charge in [-0.15, -0.1) is 0 Å². The van der Waals surface area contributed by atoms with Crippen molar-refractivity contribution in [3.8, 4) is 5.75 Å². The fourth-order valence-corrected chi connectivity index (χ4v) is 2.97. The van der Waals surface area contributed by atoms with Crippen LogP contribution in [-0.4, -0.2) is 29.9 Å². The Morgan fingerprint density at radius 3 is 2.48 bits per heavy atom. The molecule has 2 N–H and O–H groups in total. The van der Waals surface area contributed by atoms with Gasteiger partial charge in [-0.3, -0.25) is 14.6 Å². The minimum atomic E-state index is -0.340. The lowest BCUT2D eigenvalue weighted by Crippen LogP contribution is -2.32. The van der Waals surface area contributed by atoms with Gasteiger partial charge in [-0.2, -0.15) is 0 Å². The highest BCUT2D eigenvalue weighted by Crippen LogP contribution is 2.23. The summed E-state index contributed by atoms with van der Waals surface area (Å²) in [6.07, 6.45) is 7.22. The van der Waals surface area contributed by atoms with Crippen LogP contribution in [0.25, 0.3) is 0 Å². The lowest BCUT2D eigenvalue weighted by atomic mass is 10.1. The monoisotopic (exact) mass is 339 g/mol. The van der Waals surface area contributed by atoms with Crippen LogP contribution in [0, 0.1) is 0 Å². The van der Waals surface area contributed by atoms with Gasteiger partial charge < -0.3 is 15.4 Å². The molecule has 6 heteroatoms. The number of anilines is 1. The minimum Gasteiger partial charge on any atom is -0.495 e. The van der Waals surface area contributed by atoms with Gasteiger partial charge in [-0.1, -0.05) is 25.0 Å². The molecule has 0 radical (unpaired) electrons. The first-order valence-corrected chi connectivity index (χ1v) is 8.37. The van der Waals surface area contributed by atoms with Crippen LogP contribution >= 0.6 is 0 Å². The molecule has 2 aromatic rings. The lowest BCUT2D eigenvalue weighted by molar-refractivity contribution is 0.0937. The minimum absolute atomic E-state index is 0.189. The van der Waals surface area contributed by atoms with Gasteiger partial charge in [0.05, 0.1) is 23.9 Å². The van der Waals surface area contributed by atoms with Crippen LogP contribution < -0.4 is 15.4 Å².